The van der Waals surface area contributed by atoms with Gasteiger partial charge in [-0.15, -0.1) is 0 Å². The van der Waals surface area contributed by atoms with Gasteiger partial charge in [0.25, 0.3) is 0 Å². The number of amides is 1. The van der Waals surface area contributed by atoms with E-state index in [9.17, 15) is 13.2 Å². The molecule has 0 bridgehead atoms. The van der Waals surface area contributed by atoms with Crippen LogP contribution in [0.5, 0.6) is 0 Å². The molecular weight excluding hydrogens is 428 g/mol. The lowest BCUT2D eigenvalue weighted by atomic mass is 10.1. The standard InChI is InChI=1S/C23H28N4O4S/c1-3-17-5-4-6-18(15-17)24-23(28)10-9-22-25-20-16-19(7-8-21(20)26(22)2)32(29,30)27-11-13-31-14-12-27/h4-8,15-16H,3,9-14H2,1-2H3,(H,24,28). The summed E-state index contributed by atoms with van der Waals surface area (Å²) in [5.41, 5.74) is 3.39. The molecule has 0 saturated carbocycles. The normalized spacial score (nSPS) is 15.2. The van der Waals surface area contributed by atoms with Crippen molar-refractivity contribution in [1.82, 2.24) is 13.9 Å². The van der Waals surface area contributed by atoms with Crippen molar-refractivity contribution in [1.29, 1.82) is 0 Å². The van der Waals surface area contributed by atoms with E-state index >= 15 is 0 Å². The fourth-order valence-corrected chi connectivity index (χ4v) is 5.30. The summed E-state index contributed by atoms with van der Waals surface area (Å²) in [4.78, 5) is 17.3. The minimum atomic E-state index is -3.58. The Morgan fingerprint density at radius 3 is 2.69 bits per heavy atom. The van der Waals surface area contributed by atoms with Crippen molar-refractivity contribution in [2.75, 3.05) is 31.6 Å². The highest BCUT2D eigenvalue weighted by Gasteiger charge is 2.27. The maximum absolute atomic E-state index is 12.9. The molecule has 1 aliphatic heterocycles. The summed E-state index contributed by atoms with van der Waals surface area (Å²) in [5.74, 6) is 0.652. The van der Waals surface area contributed by atoms with Crippen LogP contribution in [0.2, 0.25) is 0 Å². The zero-order valence-electron chi connectivity index (χ0n) is 18.4. The van der Waals surface area contributed by atoms with Crippen molar-refractivity contribution in [3.8, 4) is 0 Å². The third-order valence-corrected chi connectivity index (χ3v) is 7.64. The Kier molecular flexibility index (Phi) is 6.59. The molecule has 9 heteroatoms. The predicted octanol–water partition coefficient (Wildman–Crippen LogP) is 2.73. The number of anilines is 1. The summed E-state index contributed by atoms with van der Waals surface area (Å²) in [6, 6.07) is 12.8. The number of ether oxygens (including phenoxy) is 1. The van der Waals surface area contributed by atoms with Crippen LogP contribution in [0, 0.1) is 0 Å². The van der Waals surface area contributed by atoms with Gasteiger partial charge in [-0.25, -0.2) is 13.4 Å². The van der Waals surface area contributed by atoms with Crippen LogP contribution < -0.4 is 5.32 Å². The average Bonchev–Trinajstić information content (AvgIpc) is 3.13. The summed E-state index contributed by atoms with van der Waals surface area (Å²) in [6.07, 6.45) is 1.65. The number of carbonyl (C=O) groups is 1. The molecule has 8 nitrogen and oxygen atoms in total. The second-order valence-corrected chi connectivity index (χ2v) is 9.79. The first-order valence-electron chi connectivity index (χ1n) is 10.8. The van der Waals surface area contributed by atoms with Gasteiger partial charge in [-0.3, -0.25) is 4.79 Å². The number of sulfonamides is 1. The van der Waals surface area contributed by atoms with Crippen molar-refractivity contribution in [2.45, 2.75) is 31.1 Å². The Bertz CT molecular complexity index is 1230. The molecule has 1 aliphatic rings. The van der Waals surface area contributed by atoms with Crippen molar-refractivity contribution < 1.29 is 17.9 Å². The number of imidazole rings is 1. The zero-order chi connectivity index (χ0) is 22.7. The van der Waals surface area contributed by atoms with Crippen molar-refractivity contribution in [3.63, 3.8) is 0 Å². The molecule has 4 rings (SSSR count). The molecule has 1 amide bonds. The number of fused-ring (bicyclic) bond motifs is 1. The largest absolute Gasteiger partial charge is 0.379 e. The first kappa shape index (κ1) is 22.4. The predicted molar refractivity (Wildman–Crippen MR) is 123 cm³/mol. The average molecular weight is 457 g/mol. The number of aryl methyl sites for hydroxylation is 3. The van der Waals surface area contributed by atoms with Crippen LogP contribution in [-0.2, 0) is 39.4 Å². The molecule has 0 atom stereocenters. The second kappa shape index (κ2) is 9.40. The van der Waals surface area contributed by atoms with E-state index in [1.165, 1.54) is 9.87 Å². The molecule has 0 radical (unpaired) electrons. The molecule has 3 aromatic rings. The van der Waals surface area contributed by atoms with Gasteiger partial charge in [0.05, 0.1) is 29.1 Å². The molecule has 32 heavy (non-hydrogen) atoms. The molecule has 0 aliphatic carbocycles. The second-order valence-electron chi connectivity index (χ2n) is 7.86. The summed E-state index contributed by atoms with van der Waals surface area (Å²) >= 11 is 0. The Morgan fingerprint density at radius 1 is 1.16 bits per heavy atom. The van der Waals surface area contributed by atoms with Crippen LogP contribution >= 0.6 is 0 Å². The summed E-state index contributed by atoms with van der Waals surface area (Å²) < 4.78 is 34.5. The SMILES string of the molecule is CCc1cccc(NC(=O)CCc2nc3cc(S(=O)(=O)N4CCOCC4)ccc3n2C)c1. The maximum atomic E-state index is 12.9. The number of carbonyl (C=O) groups excluding carboxylic acids is 1. The number of morpholine rings is 1. The molecule has 2 heterocycles. The minimum Gasteiger partial charge on any atom is -0.379 e. The van der Waals surface area contributed by atoms with Crippen molar-refractivity contribution >= 4 is 32.7 Å². The summed E-state index contributed by atoms with van der Waals surface area (Å²) in [6.45, 7) is 3.58. The van der Waals surface area contributed by atoms with Gasteiger partial charge in [0, 0.05) is 38.7 Å². The van der Waals surface area contributed by atoms with Gasteiger partial charge in [0.15, 0.2) is 0 Å². The number of nitrogens with one attached hydrogen (secondary N) is 1. The van der Waals surface area contributed by atoms with E-state index < -0.39 is 10.0 Å². The highest BCUT2D eigenvalue weighted by atomic mass is 32.2. The molecule has 0 unspecified atom stereocenters. The topological polar surface area (TPSA) is 93.5 Å². The van der Waals surface area contributed by atoms with Crippen LogP contribution in [0.3, 0.4) is 0 Å². The number of hydrogen-bond acceptors (Lipinski definition) is 5. The van der Waals surface area contributed by atoms with Gasteiger partial charge >= 0.3 is 0 Å². The maximum Gasteiger partial charge on any atom is 0.243 e. The molecule has 1 fully saturated rings. The van der Waals surface area contributed by atoms with Crippen LogP contribution in [0.1, 0.15) is 24.7 Å². The van der Waals surface area contributed by atoms with Crippen molar-refractivity contribution in [2.24, 2.45) is 7.05 Å². The van der Waals surface area contributed by atoms with E-state index in [0.717, 1.165) is 23.4 Å². The monoisotopic (exact) mass is 456 g/mol. The van der Waals surface area contributed by atoms with Crippen LogP contribution in [-0.4, -0.2) is 54.5 Å². The van der Waals surface area contributed by atoms with Gasteiger partial charge in [-0.1, -0.05) is 19.1 Å². The van der Waals surface area contributed by atoms with E-state index in [2.05, 4.69) is 17.2 Å². The van der Waals surface area contributed by atoms with E-state index in [1.807, 2.05) is 35.9 Å². The lowest BCUT2D eigenvalue weighted by Gasteiger charge is -2.26. The first-order chi connectivity index (χ1) is 15.4. The van der Waals surface area contributed by atoms with Crippen LogP contribution in [0.25, 0.3) is 11.0 Å². The van der Waals surface area contributed by atoms with Crippen molar-refractivity contribution in [3.05, 3.63) is 53.9 Å². The molecule has 1 N–H and O–H groups in total. The molecule has 170 valence electrons. The number of hydrogen-bond donors (Lipinski definition) is 1. The highest BCUT2D eigenvalue weighted by molar-refractivity contribution is 7.89. The van der Waals surface area contributed by atoms with E-state index in [1.54, 1.807) is 18.2 Å². The van der Waals surface area contributed by atoms with E-state index in [4.69, 9.17) is 4.74 Å². The number of aromatic nitrogens is 2. The van der Waals surface area contributed by atoms with Gasteiger partial charge in [0.1, 0.15) is 5.82 Å². The number of rotatable bonds is 7. The number of benzene rings is 2. The molecule has 1 saturated heterocycles. The number of nitrogens with zero attached hydrogens (tertiary/aromatic N) is 3. The Hall–Kier alpha value is -2.75. The fourth-order valence-electron chi connectivity index (χ4n) is 3.87. The third-order valence-electron chi connectivity index (χ3n) is 5.75. The van der Waals surface area contributed by atoms with Gasteiger partial charge in [0.2, 0.25) is 15.9 Å². The smallest absolute Gasteiger partial charge is 0.243 e. The van der Waals surface area contributed by atoms with Gasteiger partial charge in [-0.2, -0.15) is 4.31 Å². The zero-order valence-corrected chi connectivity index (χ0v) is 19.2. The Labute approximate surface area is 188 Å². The third kappa shape index (κ3) is 4.69. The van der Waals surface area contributed by atoms with E-state index in [0.29, 0.717) is 38.2 Å². The van der Waals surface area contributed by atoms with Gasteiger partial charge in [-0.05, 0) is 42.3 Å². The Balaban J connectivity index is 1.47. The Morgan fingerprint density at radius 2 is 1.94 bits per heavy atom. The van der Waals surface area contributed by atoms with Crippen LogP contribution in [0.15, 0.2) is 47.4 Å². The molecule has 0 spiro atoms. The molecule has 2 aromatic carbocycles. The molecular formula is C23H28N4O4S. The van der Waals surface area contributed by atoms with Gasteiger partial charge < -0.3 is 14.6 Å². The first-order valence-corrected chi connectivity index (χ1v) is 12.2. The summed E-state index contributed by atoms with van der Waals surface area (Å²) in [7, 11) is -1.70. The van der Waals surface area contributed by atoms with E-state index in [-0.39, 0.29) is 17.2 Å². The quantitative estimate of drug-likeness (QED) is 0.590. The lowest BCUT2D eigenvalue weighted by molar-refractivity contribution is -0.116. The molecule has 1 aromatic heterocycles. The lowest BCUT2D eigenvalue weighted by Crippen LogP contribution is -2.40. The summed E-state index contributed by atoms with van der Waals surface area (Å²) in [5, 5.41) is 2.93. The fraction of sp³-hybridized carbons (Fsp3) is 0.391. The van der Waals surface area contributed by atoms with Crippen LogP contribution in [0.4, 0.5) is 5.69 Å². The minimum absolute atomic E-state index is 0.0825. The highest BCUT2D eigenvalue weighted by Crippen LogP contribution is 2.23.